The highest BCUT2D eigenvalue weighted by atomic mass is 35.5. The van der Waals surface area contributed by atoms with Crippen LogP contribution in [0.2, 0.25) is 5.02 Å². The summed E-state index contributed by atoms with van der Waals surface area (Å²) in [7, 11) is -3.93. The van der Waals surface area contributed by atoms with Gasteiger partial charge in [0, 0.05) is 41.0 Å². The van der Waals surface area contributed by atoms with Crippen LogP contribution in [0.15, 0.2) is 52.5 Å². The second kappa shape index (κ2) is 9.82. The highest BCUT2D eigenvalue weighted by molar-refractivity contribution is 7.91. The molecular formula is C27H29ClN2O5S. The number of halogens is 1. The number of sulfone groups is 1. The van der Waals surface area contributed by atoms with Gasteiger partial charge in [-0.3, -0.25) is 9.59 Å². The molecule has 36 heavy (non-hydrogen) atoms. The van der Waals surface area contributed by atoms with Gasteiger partial charge in [-0.15, -0.1) is 0 Å². The molecule has 0 saturated heterocycles. The van der Waals surface area contributed by atoms with Crippen molar-refractivity contribution in [2.75, 3.05) is 6.61 Å². The molecule has 0 N–H and O–H groups in total. The van der Waals surface area contributed by atoms with Crippen molar-refractivity contribution < 1.29 is 22.7 Å². The topological polar surface area (TPSA) is 95.3 Å². The molecule has 0 spiro atoms. The zero-order chi connectivity index (χ0) is 26.3. The van der Waals surface area contributed by atoms with Gasteiger partial charge in [0.15, 0.2) is 10.8 Å². The molecule has 0 saturated carbocycles. The van der Waals surface area contributed by atoms with Crippen molar-refractivity contribution >= 4 is 33.2 Å². The molecular weight excluding hydrogens is 500 g/mol. The third-order valence-electron chi connectivity index (χ3n) is 6.51. The van der Waals surface area contributed by atoms with E-state index in [1.54, 1.807) is 19.1 Å². The monoisotopic (exact) mass is 528 g/mol. The lowest BCUT2D eigenvalue weighted by Crippen LogP contribution is -2.29. The predicted octanol–water partition coefficient (Wildman–Crippen LogP) is 4.99. The SMILES string of the molecule is CCOC(=O)Cn1c(C)c(Cc2cccnc2S(=O)(=O)c2ccc(Cl)cc2)c2c1CC(C)(C)CC2=O. The van der Waals surface area contributed by atoms with Gasteiger partial charge in [0.2, 0.25) is 9.84 Å². The van der Waals surface area contributed by atoms with Gasteiger partial charge in [0.25, 0.3) is 0 Å². The molecule has 9 heteroatoms. The molecule has 2 aromatic heterocycles. The zero-order valence-corrected chi connectivity index (χ0v) is 22.4. The van der Waals surface area contributed by atoms with Gasteiger partial charge in [-0.2, -0.15) is 0 Å². The Hall–Kier alpha value is -2.97. The lowest BCUT2D eigenvalue weighted by atomic mass is 9.75. The first kappa shape index (κ1) is 26.1. The lowest BCUT2D eigenvalue weighted by Gasteiger charge is -2.30. The maximum absolute atomic E-state index is 13.5. The van der Waals surface area contributed by atoms with Crippen LogP contribution in [-0.4, -0.2) is 36.3 Å². The fourth-order valence-electron chi connectivity index (χ4n) is 4.89. The number of fused-ring (bicyclic) bond motifs is 1. The Morgan fingerprint density at radius 2 is 1.86 bits per heavy atom. The summed E-state index contributed by atoms with van der Waals surface area (Å²) in [6.07, 6.45) is 2.62. The van der Waals surface area contributed by atoms with Gasteiger partial charge in [-0.1, -0.05) is 31.5 Å². The third kappa shape index (κ3) is 4.97. The molecule has 7 nitrogen and oxygen atoms in total. The zero-order valence-electron chi connectivity index (χ0n) is 20.8. The molecule has 0 atom stereocenters. The standard InChI is InChI=1S/C27H29ClN2O5S/c1-5-35-24(32)16-30-17(2)21(25-22(30)14-27(3,4)15-23(25)31)13-18-7-6-12-29-26(18)36(33,34)20-10-8-19(28)9-11-20/h6-12H,5,13-16H2,1-4H3. The molecule has 0 aliphatic heterocycles. The number of carbonyl (C=O) groups excluding carboxylic acids is 2. The van der Waals surface area contributed by atoms with E-state index in [0.717, 1.165) is 17.0 Å². The second-order valence-electron chi connectivity index (χ2n) is 9.82. The highest BCUT2D eigenvalue weighted by Gasteiger charge is 2.37. The van der Waals surface area contributed by atoms with Crippen LogP contribution in [0.3, 0.4) is 0 Å². The van der Waals surface area contributed by atoms with Gasteiger partial charge in [-0.05, 0) is 67.1 Å². The van der Waals surface area contributed by atoms with Gasteiger partial charge >= 0.3 is 5.97 Å². The number of nitrogens with zero attached hydrogens (tertiary/aromatic N) is 2. The van der Waals surface area contributed by atoms with E-state index < -0.39 is 9.84 Å². The summed E-state index contributed by atoms with van der Waals surface area (Å²) in [4.78, 5) is 30.1. The largest absolute Gasteiger partial charge is 0.465 e. The van der Waals surface area contributed by atoms with E-state index in [0.29, 0.717) is 29.0 Å². The van der Waals surface area contributed by atoms with Gasteiger partial charge in [0.05, 0.1) is 11.5 Å². The van der Waals surface area contributed by atoms with Gasteiger partial charge < -0.3 is 9.30 Å². The summed E-state index contributed by atoms with van der Waals surface area (Å²) in [5, 5.41) is 0.365. The predicted molar refractivity (Wildman–Crippen MR) is 136 cm³/mol. The first-order chi connectivity index (χ1) is 16.9. The number of esters is 1. The van der Waals surface area contributed by atoms with Crippen LogP contribution in [0.4, 0.5) is 0 Å². The van der Waals surface area contributed by atoms with E-state index in [2.05, 4.69) is 4.98 Å². The Balaban J connectivity index is 1.83. The average Bonchev–Trinajstić information content (AvgIpc) is 3.04. The van der Waals surface area contributed by atoms with E-state index in [1.807, 2.05) is 25.3 Å². The van der Waals surface area contributed by atoms with Crippen LogP contribution in [0.5, 0.6) is 0 Å². The molecule has 1 aromatic carbocycles. The molecule has 0 fully saturated rings. The van der Waals surface area contributed by atoms with Crippen LogP contribution >= 0.6 is 11.6 Å². The van der Waals surface area contributed by atoms with Crippen molar-refractivity contribution in [1.82, 2.24) is 9.55 Å². The number of pyridine rings is 1. The minimum Gasteiger partial charge on any atom is -0.465 e. The molecule has 0 bridgehead atoms. The Kier molecular flexibility index (Phi) is 7.12. The van der Waals surface area contributed by atoms with E-state index in [-0.39, 0.29) is 46.7 Å². The van der Waals surface area contributed by atoms with E-state index in [4.69, 9.17) is 16.3 Å². The number of ether oxygens (including phenoxy) is 1. The van der Waals surface area contributed by atoms with Crippen molar-refractivity contribution in [3.05, 3.63) is 75.7 Å². The number of benzene rings is 1. The van der Waals surface area contributed by atoms with Crippen LogP contribution < -0.4 is 0 Å². The first-order valence-corrected chi connectivity index (χ1v) is 13.6. The normalized spacial score (nSPS) is 15.0. The number of hydrogen-bond acceptors (Lipinski definition) is 6. The van der Waals surface area contributed by atoms with Crippen LogP contribution in [0, 0.1) is 12.3 Å². The number of ketones is 1. The van der Waals surface area contributed by atoms with Crippen molar-refractivity contribution in [3.63, 3.8) is 0 Å². The molecule has 0 unspecified atom stereocenters. The van der Waals surface area contributed by atoms with E-state index >= 15 is 0 Å². The number of Topliss-reactive ketones (excluding diaryl/α,β-unsaturated/α-hetero) is 1. The molecule has 1 aliphatic carbocycles. The second-order valence-corrected chi connectivity index (χ2v) is 12.1. The molecule has 0 amide bonds. The van der Waals surface area contributed by atoms with Crippen molar-refractivity contribution in [2.24, 2.45) is 5.41 Å². The summed E-state index contributed by atoms with van der Waals surface area (Å²) < 4.78 is 34.0. The summed E-state index contributed by atoms with van der Waals surface area (Å²) in [5.74, 6) is -0.388. The maximum atomic E-state index is 13.5. The number of aromatic nitrogens is 2. The summed E-state index contributed by atoms with van der Waals surface area (Å²) in [5.41, 5.74) is 3.06. The van der Waals surface area contributed by atoms with Gasteiger partial charge in [-0.25, -0.2) is 13.4 Å². The third-order valence-corrected chi connectivity index (χ3v) is 8.53. The molecule has 4 rings (SSSR count). The van der Waals surface area contributed by atoms with Crippen molar-refractivity contribution in [3.8, 4) is 0 Å². The molecule has 0 radical (unpaired) electrons. The lowest BCUT2D eigenvalue weighted by molar-refractivity contribution is -0.143. The van der Waals surface area contributed by atoms with Crippen molar-refractivity contribution in [2.45, 2.75) is 63.4 Å². The Morgan fingerprint density at radius 3 is 2.53 bits per heavy atom. The Bertz CT molecular complexity index is 1440. The van der Waals surface area contributed by atoms with Crippen LogP contribution in [-0.2, 0) is 38.8 Å². The average molecular weight is 529 g/mol. The minimum atomic E-state index is -3.93. The fraction of sp³-hybridized carbons (Fsp3) is 0.370. The van der Waals surface area contributed by atoms with E-state index in [1.165, 1.54) is 30.5 Å². The van der Waals surface area contributed by atoms with Crippen LogP contribution in [0.1, 0.15) is 60.1 Å². The van der Waals surface area contributed by atoms with Crippen molar-refractivity contribution in [1.29, 1.82) is 0 Å². The highest BCUT2D eigenvalue weighted by Crippen LogP contribution is 2.40. The first-order valence-electron chi connectivity index (χ1n) is 11.8. The number of rotatable bonds is 7. The fourth-order valence-corrected chi connectivity index (χ4v) is 6.42. The molecule has 190 valence electrons. The number of hydrogen-bond donors (Lipinski definition) is 0. The Labute approximate surface area is 216 Å². The molecule has 1 aliphatic rings. The summed E-state index contributed by atoms with van der Waals surface area (Å²) in [6, 6.07) is 9.33. The van der Waals surface area contributed by atoms with Crippen LogP contribution in [0.25, 0.3) is 0 Å². The maximum Gasteiger partial charge on any atom is 0.325 e. The smallest absolute Gasteiger partial charge is 0.325 e. The minimum absolute atomic E-state index is 0.00562. The Morgan fingerprint density at radius 1 is 1.17 bits per heavy atom. The van der Waals surface area contributed by atoms with E-state index in [9.17, 15) is 18.0 Å². The number of carbonyl (C=O) groups is 2. The van der Waals surface area contributed by atoms with Gasteiger partial charge in [0.1, 0.15) is 6.54 Å². The summed E-state index contributed by atoms with van der Waals surface area (Å²) in [6.45, 7) is 7.93. The summed E-state index contributed by atoms with van der Waals surface area (Å²) >= 11 is 5.95. The quantitative estimate of drug-likeness (QED) is 0.401. The molecule has 2 heterocycles. The molecule has 3 aromatic rings.